The minimum Gasteiger partial charge on any atom is -0.420 e. The van der Waals surface area contributed by atoms with Gasteiger partial charge in [0.2, 0.25) is 11.8 Å². The van der Waals surface area contributed by atoms with E-state index in [0.29, 0.717) is 35.9 Å². The van der Waals surface area contributed by atoms with Gasteiger partial charge in [-0.1, -0.05) is 12.1 Å². The second kappa shape index (κ2) is 7.78. The number of H-pyrrole nitrogens is 1. The van der Waals surface area contributed by atoms with E-state index in [1.54, 1.807) is 12.1 Å². The van der Waals surface area contributed by atoms with Gasteiger partial charge >= 0.3 is 0 Å². The van der Waals surface area contributed by atoms with Crippen molar-refractivity contribution in [3.8, 4) is 23.2 Å². The standard InChI is InChI=1S/C23H20FN5O2/c24-16-5-1-15(2-6-16)21-20-19(18(13-25)22(26)31-23(20)28-27-21)14-3-7-17(8-4-14)29-9-11-30-12-10-29/h1-8,19H,9-12,26H2,(H,27,28)/t19-/m1/s1. The summed E-state index contributed by atoms with van der Waals surface area (Å²) in [6.07, 6.45) is 0. The Kier molecular flexibility index (Phi) is 4.81. The molecule has 2 aliphatic rings. The molecule has 0 amide bonds. The van der Waals surface area contributed by atoms with Crippen LogP contribution >= 0.6 is 0 Å². The van der Waals surface area contributed by atoms with Crippen LogP contribution in [0.4, 0.5) is 10.1 Å². The summed E-state index contributed by atoms with van der Waals surface area (Å²) in [4.78, 5) is 2.26. The van der Waals surface area contributed by atoms with Crippen molar-refractivity contribution >= 4 is 5.69 Å². The Bertz CT molecular complexity index is 1170. The summed E-state index contributed by atoms with van der Waals surface area (Å²) in [5.74, 6) is -0.427. The molecule has 1 saturated heterocycles. The van der Waals surface area contributed by atoms with E-state index >= 15 is 0 Å². The third-order valence-corrected chi connectivity index (χ3v) is 5.67. The number of morpholine rings is 1. The zero-order chi connectivity index (χ0) is 21.4. The number of aromatic nitrogens is 2. The second-order valence-corrected chi connectivity index (χ2v) is 7.44. The number of anilines is 1. The molecule has 3 heterocycles. The van der Waals surface area contributed by atoms with Crippen LogP contribution in [-0.4, -0.2) is 36.5 Å². The Hall–Kier alpha value is -3.83. The fourth-order valence-electron chi connectivity index (χ4n) is 4.11. The Morgan fingerprint density at radius 1 is 1.10 bits per heavy atom. The van der Waals surface area contributed by atoms with Crippen molar-refractivity contribution in [2.24, 2.45) is 5.73 Å². The number of hydrogen-bond acceptors (Lipinski definition) is 6. The third-order valence-electron chi connectivity index (χ3n) is 5.67. The highest BCUT2D eigenvalue weighted by atomic mass is 19.1. The molecule has 0 spiro atoms. The van der Waals surface area contributed by atoms with Crippen LogP contribution in [-0.2, 0) is 4.74 Å². The minimum absolute atomic E-state index is 0.0365. The highest BCUT2D eigenvalue weighted by Crippen LogP contribution is 2.45. The summed E-state index contributed by atoms with van der Waals surface area (Å²) in [5, 5.41) is 17.1. The fourth-order valence-corrected chi connectivity index (χ4v) is 4.11. The van der Waals surface area contributed by atoms with Gasteiger partial charge in [0.25, 0.3) is 0 Å². The normalized spacial score (nSPS) is 18.3. The lowest BCUT2D eigenvalue weighted by molar-refractivity contribution is 0.122. The first-order chi connectivity index (χ1) is 15.2. The molecule has 3 N–H and O–H groups in total. The van der Waals surface area contributed by atoms with Crippen molar-refractivity contribution in [1.82, 2.24) is 10.2 Å². The van der Waals surface area contributed by atoms with Gasteiger partial charge in [0, 0.05) is 24.3 Å². The molecule has 0 bridgehead atoms. The van der Waals surface area contributed by atoms with Gasteiger partial charge in [0.15, 0.2) is 0 Å². The van der Waals surface area contributed by atoms with Gasteiger partial charge in [-0.3, -0.25) is 5.10 Å². The molecule has 8 heteroatoms. The van der Waals surface area contributed by atoms with Gasteiger partial charge in [-0.25, -0.2) is 4.39 Å². The zero-order valence-electron chi connectivity index (χ0n) is 16.6. The van der Waals surface area contributed by atoms with Crippen LogP contribution in [0.3, 0.4) is 0 Å². The number of nitriles is 1. The lowest BCUT2D eigenvalue weighted by Crippen LogP contribution is -2.36. The van der Waals surface area contributed by atoms with E-state index in [1.807, 2.05) is 24.3 Å². The first-order valence-corrected chi connectivity index (χ1v) is 10.00. The van der Waals surface area contributed by atoms with Crippen molar-refractivity contribution in [3.63, 3.8) is 0 Å². The van der Waals surface area contributed by atoms with Gasteiger partial charge in [-0.05, 0) is 42.0 Å². The maximum atomic E-state index is 13.4. The van der Waals surface area contributed by atoms with Crippen LogP contribution in [0.1, 0.15) is 17.0 Å². The summed E-state index contributed by atoms with van der Waals surface area (Å²) in [5.41, 5.74) is 10.5. The summed E-state index contributed by atoms with van der Waals surface area (Å²) in [7, 11) is 0. The highest BCUT2D eigenvalue weighted by Gasteiger charge is 2.35. The van der Waals surface area contributed by atoms with Crippen LogP contribution in [0.5, 0.6) is 5.88 Å². The number of allylic oxidation sites excluding steroid dienone is 1. The largest absolute Gasteiger partial charge is 0.420 e. The molecule has 5 rings (SSSR count). The summed E-state index contributed by atoms with van der Waals surface area (Å²) in [6.45, 7) is 3.10. The van der Waals surface area contributed by atoms with Crippen LogP contribution in [0.15, 0.2) is 60.0 Å². The number of nitrogens with zero attached hydrogens (tertiary/aromatic N) is 3. The van der Waals surface area contributed by atoms with Gasteiger partial charge in [-0.2, -0.15) is 5.26 Å². The van der Waals surface area contributed by atoms with Gasteiger partial charge in [0.1, 0.15) is 17.5 Å². The van der Waals surface area contributed by atoms with Crippen molar-refractivity contribution in [2.45, 2.75) is 5.92 Å². The van der Waals surface area contributed by atoms with E-state index in [1.165, 1.54) is 12.1 Å². The summed E-state index contributed by atoms with van der Waals surface area (Å²) < 4.78 is 24.5. The number of hydrogen-bond donors (Lipinski definition) is 2. The van der Waals surface area contributed by atoms with E-state index in [2.05, 4.69) is 21.2 Å². The first-order valence-electron chi connectivity index (χ1n) is 10.00. The average molecular weight is 417 g/mol. The number of nitrogens with one attached hydrogen (secondary N) is 1. The maximum Gasteiger partial charge on any atom is 0.244 e. The van der Waals surface area contributed by atoms with Gasteiger partial charge in [-0.15, -0.1) is 5.10 Å². The quantitative estimate of drug-likeness (QED) is 0.679. The zero-order valence-corrected chi connectivity index (χ0v) is 16.6. The van der Waals surface area contributed by atoms with Crippen molar-refractivity contribution in [1.29, 1.82) is 5.26 Å². The van der Waals surface area contributed by atoms with Crippen LogP contribution in [0.2, 0.25) is 0 Å². The Morgan fingerprint density at radius 2 is 1.81 bits per heavy atom. The van der Waals surface area contributed by atoms with Crippen molar-refractivity contribution in [2.75, 3.05) is 31.2 Å². The van der Waals surface area contributed by atoms with Gasteiger partial charge < -0.3 is 20.1 Å². The van der Waals surface area contributed by atoms with E-state index in [4.69, 9.17) is 15.2 Å². The number of aromatic amines is 1. The number of nitrogens with two attached hydrogens (primary N) is 1. The topological polar surface area (TPSA) is 100 Å². The predicted molar refractivity (Wildman–Crippen MR) is 113 cm³/mol. The minimum atomic E-state index is -0.453. The molecule has 3 aromatic rings. The van der Waals surface area contributed by atoms with Gasteiger partial charge in [0.05, 0.1) is 30.4 Å². The maximum absolute atomic E-state index is 13.4. The molecule has 2 aromatic carbocycles. The molecule has 1 fully saturated rings. The average Bonchev–Trinajstić information content (AvgIpc) is 3.22. The van der Waals surface area contributed by atoms with Crippen molar-refractivity contribution in [3.05, 3.63) is 76.9 Å². The first kappa shape index (κ1) is 19.2. The number of rotatable bonds is 3. The summed E-state index contributed by atoms with van der Waals surface area (Å²) in [6, 6.07) is 16.4. The molecule has 0 unspecified atom stereocenters. The lowest BCUT2D eigenvalue weighted by atomic mass is 9.83. The lowest BCUT2D eigenvalue weighted by Gasteiger charge is -2.29. The summed E-state index contributed by atoms with van der Waals surface area (Å²) >= 11 is 0. The number of fused-ring (bicyclic) bond motifs is 1. The molecule has 0 radical (unpaired) electrons. The molecule has 0 saturated carbocycles. The van der Waals surface area contributed by atoms with Crippen LogP contribution < -0.4 is 15.4 Å². The number of halogens is 1. The predicted octanol–water partition coefficient (Wildman–Crippen LogP) is 3.27. The molecule has 1 atom stereocenters. The third kappa shape index (κ3) is 3.39. The molecular weight excluding hydrogens is 397 g/mol. The van der Waals surface area contributed by atoms with E-state index in [0.717, 1.165) is 29.9 Å². The molecule has 156 valence electrons. The number of benzene rings is 2. The van der Waals surface area contributed by atoms with Crippen LogP contribution in [0, 0.1) is 17.1 Å². The smallest absolute Gasteiger partial charge is 0.244 e. The van der Waals surface area contributed by atoms with E-state index in [-0.39, 0.29) is 11.7 Å². The molecular formula is C23H20FN5O2. The molecule has 31 heavy (non-hydrogen) atoms. The second-order valence-electron chi connectivity index (χ2n) is 7.44. The molecule has 0 aliphatic carbocycles. The van der Waals surface area contributed by atoms with Crippen LogP contribution in [0.25, 0.3) is 11.3 Å². The Balaban J connectivity index is 1.58. The fraction of sp³-hybridized carbons (Fsp3) is 0.217. The Morgan fingerprint density at radius 3 is 2.48 bits per heavy atom. The highest BCUT2D eigenvalue weighted by molar-refractivity contribution is 5.71. The molecule has 1 aromatic heterocycles. The monoisotopic (exact) mass is 417 g/mol. The number of ether oxygens (including phenoxy) is 2. The van der Waals surface area contributed by atoms with E-state index < -0.39 is 5.92 Å². The molecule has 2 aliphatic heterocycles. The Labute approximate surface area is 178 Å². The van der Waals surface area contributed by atoms with Crippen molar-refractivity contribution < 1.29 is 13.9 Å². The SMILES string of the molecule is N#CC1=C(N)Oc2n[nH]c(-c3ccc(F)cc3)c2[C@@H]1c1ccc(N2CCOCC2)cc1. The van der Waals surface area contributed by atoms with E-state index in [9.17, 15) is 9.65 Å². The molecule has 7 nitrogen and oxygen atoms in total.